The average Bonchev–Trinajstić information content (AvgIpc) is 3.46. The number of para-hydroxylation sites is 1. The Morgan fingerprint density at radius 2 is 1.56 bits per heavy atom. The third kappa shape index (κ3) is 4.27. The number of aromatic nitrogens is 5. The fourth-order valence-corrected chi connectivity index (χ4v) is 4.44. The zero-order valence-corrected chi connectivity index (χ0v) is 18.8. The van der Waals surface area contributed by atoms with Crippen LogP contribution in [0.2, 0.25) is 10.0 Å². The Kier molecular flexibility index (Phi) is 5.94. The second-order valence-electron chi connectivity index (χ2n) is 6.76. The minimum absolute atomic E-state index is 0.444. The number of hydrogen-bond acceptors (Lipinski definition) is 6. The highest BCUT2D eigenvalue weighted by molar-refractivity contribution is 7.98. The monoisotopic (exact) mass is 479 g/mol. The molecule has 2 aromatic heterocycles. The molecule has 0 aliphatic heterocycles. The Morgan fingerprint density at radius 3 is 2.31 bits per heavy atom. The molecule has 0 fully saturated rings. The summed E-state index contributed by atoms with van der Waals surface area (Å²) in [6.45, 7) is 0. The average molecular weight is 480 g/mol. The number of benzene rings is 3. The maximum Gasteiger partial charge on any atom is 0.247 e. The lowest BCUT2D eigenvalue weighted by atomic mass is 10.2. The maximum absolute atomic E-state index is 6.46. The van der Waals surface area contributed by atoms with Gasteiger partial charge in [-0.1, -0.05) is 71.4 Å². The molecule has 0 saturated heterocycles. The first-order valence-electron chi connectivity index (χ1n) is 9.66. The zero-order valence-electron chi connectivity index (χ0n) is 16.5. The number of thioether (sulfide) groups is 1. The standard InChI is InChI=1S/C23H15Cl2N5OS/c24-16-11-12-18(19(25)13-16)21-27-29-23(30(21)17-9-5-2-6-10-17)32-14-20-26-28-22(31-20)15-7-3-1-4-8-15/h1-13H,14H2. The minimum atomic E-state index is 0.444. The van der Waals surface area contributed by atoms with E-state index in [2.05, 4.69) is 20.4 Å². The molecule has 32 heavy (non-hydrogen) atoms. The van der Waals surface area contributed by atoms with E-state index in [1.807, 2.05) is 71.3 Å². The van der Waals surface area contributed by atoms with Gasteiger partial charge in [0.25, 0.3) is 0 Å². The largest absolute Gasteiger partial charge is 0.420 e. The fourth-order valence-electron chi connectivity index (χ4n) is 3.15. The van der Waals surface area contributed by atoms with Crippen LogP contribution in [-0.4, -0.2) is 25.0 Å². The molecule has 0 spiro atoms. The van der Waals surface area contributed by atoms with E-state index in [0.717, 1.165) is 16.8 Å². The third-order valence-electron chi connectivity index (χ3n) is 4.63. The highest BCUT2D eigenvalue weighted by Gasteiger charge is 2.19. The normalized spacial score (nSPS) is 11.1. The minimum Gasteiger partial charge on any atom is -0.420 e. The van der Waals surface area contributed by atoms with Gasteiger partial charge in [-0.15, -0.1) is 20.4 Å². The molecule has 0 saturated carbocycles. The molecule has 0 amide bonds. The van der Waals surface area contributed by atoms with Crippen molar-refractivity contribution >= 4 is 35.0 Å². The summed E-state index contributed by atoms with van der Waals surface area (Å²) in [5, 5.41) is 18.9. The van der Waals surface area contributed by atoms with Crippen molar-refractivity contribution in [2.75, 3.05) is 0 Å². The maximum atomic E-state index is 6.46. The first-order chi connectivity index (χ1) is 15.7. The van der Waals surface area contributed by atoms with Crippen molar-refractivity contribution in [1.29, 1.82) is 0 Å². The van der Waals surface area contributed by atoms with E-state index in [1.54, 1.807) is 12.1 Å². The highest BCUT2D eigenvalue weighted by Crippen LogP contribution is 2.34. The molecule has 5 aromatic rings. The summed E-state index contributed by atoms with van der Waals surface area (Å²) in [4.78, 5) is 0. The number of nitrogens with zero attached hydrogens (tertiary/aromatic N) is 5. The molecule has 0 unspecified atom stereocenters. The SMILES string of the molecule is Clc1ccc(-c2nnc(SCc3nnc(-c4ccccc4)o3)n2-c2ccccc2)c(Cl)c1. The molecule has 2 heterocycles. The molecule has 0 radical (unpaired) electrons. The topological polar surface area (TPSA) is 69.6 Å². The number of rotatable bonds is 6. The Labute approximate surface area is 198 Å². The van der Waals surface area contributed by atoms with Crippen molar-refractivity contribution in [3.63, 3.8) is 0 Å². The van der Waals surface area contributed by atoms with Crippen LogP contribution in [0.25, 0.3) is 28.5 Å². The first-order valence-corrected chi connectivity index (χ1v) is 11.4. The molecule has 9 heteroatoms. The second-order valence-corrected chi connectivity index (χ2v) is 8.54. The lowest BCUT2D eigenvalue weighted by molar-refractivity contribution is 0.528. The van der Waals surface area contributed by atoms with Crippen molar-refractivity contribution in [3.8, 4) is 28.5 Å². The predicted molar refractivity (Wildman–Crippen MR) is 126 cm³/mol. The van der Waals surface area contributed by atoms with Crippen LogP contribution in [0.15, 0.2) is 88.4 Å². The summed E-state index contributed by atoms with van der Waals surface area (Å²) in [5.41, 5.74) is 2.53. The van der Waals surface area contributed by atoms with Gasteiger partial charge in [0.15, 0.2) is 11.0 Å². The molecular weight excluding hydrogens is 465 g/mol. The van der Waals surface area contributed by atoms with E-state index < -0.39 is 0 Å². The predicted octanol–water partition coefficient (Wildman–Crippen LogP) is 6.58. The highest BCUT2D eigenvalue weighted by atomic mass is 35.5. The van der Waals surface area contributed by atoms with Crippen LogP contribution >= 0.6 is 35.0 Å². The van der Waals surface area contributed by atoms with E-state index in [-0.39, 0.29) is 0 Å². The summed E-state index contributed by atoms with van der Waals surface area (Å²) < 4.78 is 7.78. The van der Waals surface area contributed by atoms with Gasteiger partial charge in [0, 0.05) is 21.8 Å². The van der Waals surface area contributed by atoms with Crippen molar-refractivity contribution in [2.24, 2.45) is 0 Å². The summed E-state index contributed by atoms with van der Waals surface area (Å²) >= 11 is 14.0. The smallest absolute Gasteiger partial charge is 0.247 e. The van der Waals surface area contributed by atoms with Crippen LogP contribution in [-0.2, 0) is 5.75 Å². The Balaban J connectivity index is 1.47. The number of halogens is 2. The van der Waals surface area contributed by atoms with Crippen molar-refractivity contribution in [1.82, 2.24) is 25.0 Å². The zero-order chi connectivity index (χ0) is 21.9. The van der Waals surface area contributed by atoms with Crippen molar-refractivity contribution in [2.45, 2.75) is 10.9 Å². The van der Waals surface area contributed by atoms with Gasteiger partial charge in [0.1, 0.15) is 0 Å². The molecule has 0 bridgehead atoms. The molecule has 0 aliphatic carbocycles. The van der Waals surface area contributed by atoms with Crippen LogP contribution < -0.4 is 0 Å². The van der Waals surface area contributed by atoms with Gasteiger partial charge in [-0.2, -0.15) is 0 Å². The van der Waals surface area contributed by atoms with E-state index in [1.165, 1.54) is 11.8 Å². The quantitative estimate of drug-likeness (QED) is 0.256. The molecule has 5 rings (SSSR count). The van der Waals surface area contributed by atoms with E-state index in [9.17, 15) is 0 Å². The van der Waals surface area contributed by atoms with Crippen LogP contribution in [0.5, 0.6) is 0 Å². The van der Waals surface area contributed by atoms with Crippen molar-refractivity contribution in [3.05, 3.63) is 94.8 Å². The number of hydrogen-bond donors (Lipinski definition) is 0. The van der Waals surface area contributed by atoms with E-state index in [4.69, 9.17) is 27.6 Å². The molecule has 3 aromatic carbocycles. The van der Waals surface area contributed by atoms with E-state index in [0.29, 0.717) is 38.6 Å². The van der Waals surface area contributed by atoms with Crippen LogP contribution in [0.4, 0.5) is 0 Å². The Hall–Kier alpha value is -3.13. The summed E-state index contributed by atoms with van der Waals surface area (Å²) in [6, 6.07) is 24.8. The molecule has 158 valence electrons. The summed E-state index contributed by atoms with van der Waals surface area (Å²) in [6.07, 6.45) is 0. The first kappa shape index (κ1) is 20.8. The molecular formula is C23H15Cl2N5OS. The van der Waals surface area contributed by atoms with Crippen molar-refractivity contribution < 1.29 is 4.42 Å². The Morgan fingerprint density at radius 1 is 0.812 bits per heavy atom. The van der Waals surface area contributed by atoms with Gasteiger partial charge in [-0.25, -0.2) is 0 Å². The summed E-state index contributed by atoms with van der Waals surface area (Å²) in [7, 11) is 0. The van der Waals surface area contributed by atoms with Gasteiger partial charge in [-0.05, 0) is 42.5 Å². The molecule has 0 aliphatic rings. The molecule has 0 N–H and O–H groups in total. The third-order valence-corrected chi connectivity index (χ3v) is 6.09. The van der Waals surface area contributed by atoms with Gasteiger partial charge < -0.3 is 4.42 Å². The second kappa shape index (κ2) is 9.16. The van der Waals surface area contributed by atoms with Gasteiger partial charge in [0.05, 0.1) is 10.8 Å². The summed E-state index contributed by atoms with van der Waals surface area (Å²) in [5.74, 6) is 2.05. The van der Waals surface area contributed by atoms with Crippen LogP contribution in [0.3, 0.4) is 0 Å². The fraction of sp³-hybridized carbons (Fsp3) is 0.0435. The molecule has 0 atom stereocenters. The van der Waals surface area contributed by atoms with Gasteiger partial charge >= 0.3 is 0 Å². The van der Waals surface area contributed by atoms with Gasteiger partial charge in [0.2, 0.25) is 11.8 Å². The van der Waals surface area contributed by atoms with E-state index >= 15 is 0 Å². The van der Waals surface area contributed by atoms with Crippen LogP contribution in [0.1, 0.15) is 5.89 Å². The lowest BCUT2D eigenvalue weighted by Crippen LogP contribution is -2.00. The Bertz CT molecular complexity index is 1360. The lowest BCUT2D eigenvalue weighted by Gasteiger charge is -2.11. The van der Waals surface area contributed by atoms with Gasteiger partial charge in [-0.3, -0.25) is 4.57 Å². The van der Waals surface area contributed by atoms with Crippen LogP contribution in [0, 0.1) is 0 Å². The molecule has 6 nitrogen and oxygen atoms in total.